The fourth-order valence-corrected chi connectivity index (χ4v) is 2.89. The predicted molar refractivity (Wildman–Crippen MR) is 92.2 cm³/mol. The molecule has 4 heteroatoms. The average Bonchev–Trinajstić information content (AvgIpc) is 2.87. The smallest absolute Gasteiger partial charge is 0.225 e. The first-order valence-electron chi connectivity index (χ1n) is 7.81. The summed E-state index contributed by atoms with van der Waals surface area (Å²) in [6, 6.07) is 15.8. The van der Waals surface area contributed by atoms with Gasteiger partial charge in [0.05, 0.1) is 23.5 Å². The van der Waals surface area contributed by atoms with Crippen LogP contribution in [-0.4, -0.2) is 15.5 Å². The third-order valence-electron chi connectivity index (χ3n) is 4.20. The molecule has 0 bridgehead atoms. The highest BCUT2D eigenvalue weighted by molar-refractivity contribution is 5.80. The Morgan fingerprint density at radius 1 is 1.17 bits per heavy atom. The molecule has 1 aromatic heterocycles. The first-order chi connectivity index (χ1) is 11.1. The number of carbonyl (C=O) groups is 1. The van der Waals surface area contributed by atoms with Crippen LogP contribution in [0.4, 0.5) is 0 Å². The van der Waals surface area contributed by atoms with E-state index in [0.717, 1.165) is 28.0 Å². The minimum atomic E-state index is -0.135. The largest absolute Gasteiger partial charge is 0.346 e. The maximum Gasteiger partial charge on any atom is 0.225 e. The Labute approximate surface area is 136 Å². The number of rotatable bonds is 4. The molecule has 4 nitrogen and oxygen atoms in total. The zero-order valence-electron chi connectivity index (χ0n) is 13.7. The highest BCUT2D eigenvalue weighted by Crippen LogP contribution is 2.19. The van der Waals surface area contributed by atoms with Gasteiger partial charge in [-0.2, -0.15) is 0 Å². The van der Waals surface area contributed by atoms with Crippen molar-refractivity contribution in [1.29, 1.82) is 0 Å². The normalized spacial score (nSPS) is 12.3. The summed E-state index contributed by atoms with van der Waals surface area (Å²) in [5, 5.41) is 3.05. The van der Waals surface area contributed by atoms with Gasteiger partial charge in [0.1, 0.15) is 5.82 Å². The van der Waals surface area contributed by atoms with Gasteiger partial charge in [-0.1, -0.05) is 36.4 Å². The van der Waals surface area contributed by atoms with Gasteiger partial charge < -0.3 is 9.88 Å². The molecule has 1 atom stereocenters. The van der Waals surface area contributed by atoms with Crippen LogP contribution in [0.1, 0.15) is 29.9 Å². The third kappa shape index (κ3) is 3.11. The van der Waals surface area contributed by atoms with E-state index in [1.54, 1.807) is 0 Å². The van der Waals surface area contributed by atoms with Crippen LogP contribution in [0.5, 0.6) is 0 Å². The lowest BCUT2D eigenvalue weighted by molar-refractivity contribution is -0.121. The molecule has 0 saturated carbocycles. The summed E-state index contributed by atoms with van der Waals surface area (Å²) in [5.41, 5.74) is 4.22. The van der Waals surface area contributed by atoms with Gasteiger partial charge in [0.2, 0.25) is 5.91 Å². The molecule has 1 amide bonds. The minimum Gasteiger partial charge on any atom is -0.346 e. The standard InChI is InChI=1S/C19H21N3O/c1-13-8-4-5-9-15(13)12-18(23)20-14(2)19-21-16-10-6-7-11-17(16)22(19)3/h4-11,14H,12H2,1-3H3,(H,20,23). The molecule has 118 valence electrons. The summed E-state index contributed by atoms with van der Waals surface area (Å²) >= 11 is 0. The zero-order valence-corrected chi connectivity index (χ0v) is 13.7. The van der Waals surface area contributed by atoms with Crippen LogP contribution in [0.2, 0.25) is 0 Å². The molecular formula is C19H21N3O. The second kappa shape index (κ2) is 6.24. The van der Waals surface area contributed by atoms with Crippen LogP contribution in [0.3, 0.4) is 0 Å². The molecular weight excluding hydrogens is 286 g/mol. The summed E-state index contributed by atoms with van der Waals surface area (Å²) in [7, 11) is 1.98. The van der Waals surface area contributed by atoms with Crippen molar-refractivity contribution in [2.75, 3.05) is 0 Å². The molecule has 3 rings (SSSR count). The van der Waals surface area contributed by atoms with Gasteiger partial charge in [-0.25, -0.2) is 4.98 Å². The van der Waals surface area contributed by atoms with E-state index in [-0.39, 0.29) is 11.9 Å². The lowest BCUT2D eigenvalue weighted by atomic mass is 10.1. The van der Waals surface area contributed by atoms with Crippen LogP contribution >= 0.6 is 0 Å². The van der Waals surface area contributed by atoms with Crippen LogP contribution in [-0.2, 0) is 18.3 Å². The van der Waals surface area contributed by atoms with Crippen molar-refractivity contribution in [1.82, 2.24) is 14.9 Å². The SMILES string of the molecule is Cc1ccccc1CC(=O)NC(C)c1nc2ccccc2n1C. The van der Waals surface area contributed by atoms with Crippen LogP contribution in [0.25, 0.3) is 11.0 Å². The number of nitrogens with zero attached hydrogens (tertiary/aromatic N) is 2. The Bertz CT molecular complexity index is 851. The van der Waals surface area contributed by atoms with Crippen molar-refractivity contribution < 1.29 is 4.79 Å². The second-order valence-electron chi connectivity index (χ2n) is 5.91. The van der Waals surface area contributed by atoms with Gasteiger partial charge in [0.25, 0.3) is 0 Å². The molecule has 1 heterocycles. The Balaban J connectivity index is 1.75. The number of hydrogen-bond acceptors (Lipinski definition) is 2. The average molecular weight is 307 g/mol. The predicted octanol–water partition coefficient (Wildman–Crippen LogP) is 3.30. The molecule has 2 aromatic carbocycles. The molecule has 0 spiro atoms. The molecule has 23 heavy (non-hydrogen) atoms. The van der Waals surface area contributed by atoms with Crippen LogP contribution in [0.15, 0.2) is 48.5 Å². The zero-order chi connectivity index (χ0) is 16.4. The summed E-state index contributed by atoms with van der Waals surface area (Å²) in [5.74, 6) is 0.878. The Morgan fingerprint density at radius 3 is 2.61 bits per heavy atom. The van der Waals surface area contributed by atoms with E-state index in [9.17, 15) is 4.79 Å². The second-order valence-corrected chi connectivity index (χ2v) is 5.91. The highest BCUT2D eigenvalue weighted by atomic mass is 16.1. The first-order valence-corrected chi connectivity index (χ1v) is 7.81. The molecule has 0 aliphatic rings. The van der Waals surface area contributed by atoms with E-state index in [0.29, 0.717) is 6.42 Å². The van der Waals surface area contributed by atoms with Crippen molar-refractivity contribution in [2.45, 2.75) is 26.3 Å². The van der Waals surface area contributed by atoms with Gasteiger partial charge in [-0.05, 0) is 37.1 Å². The maximum absolute atomic E-state index is 12.3. The molecule has 0 radical (unpaired) electrons. The number of amides is 1. The fourth-order valence-electron chi connectivity index (χ4n) is 2.89. The molecule has 0 saturated heterocycles. The van der Waals surface area contributed by atoms with Gasteiger partial charge in [0, 0.05) is 7.05 Å². The topological polar surface area (TPSA) is 46.9 Å². The van der Waals surface area contributed by atoms with Crippen LogP contribution < -0.4 is 5.32 Å². The fraction of sp³-hybridized carbons (Fsp3) is 0.263. The number of para-hydroxylation sites is 2. The summed E-state index contributed by atoms with van der Waals surface area (Å²) in [4.78, 5) is 17.0. The van der Waals surface area contributed by atoms with E-state index in [2.05, 4.69) is 10.3 Å². The third-order valence-corrected chi connectivity index (χ3v) is 4.20. The number of imidazole rings is 1. The van der Waals surface area contributed by atoms with Gasteiger partial charge in [-0.15, -0.1) is 0 Å². The van der Waals surface area contributed by atoms with Crippen molar-refractivity contribution in [3.8, 4) is 0 Å². The molecule has 0 aliphatic heterocycles. The summed E-state index contributed by atoms with van der Waals surface area (Å²) < 4.78 is 2.04. The summed E-state index contributed by atoms with van der Waals surface area (Å²) in [6.45, 7) is 3.99. The Hall–Kier alpha value is -2.62. The van der Waals surface area contributed by atoms with Gasteiger partial charge in [0.15, 0.2) is 0 Å². The minimum absolute atomic E-state index is 0.0128. The molecule has 0 fully saturated rings. The van der Waals surface area contributed by atoms with Crippen molar-refractivity contribution in [3.05, 3.63) is 65.5 Å². The lowest BCUT2D eigenvalue weighted by Crippen LogP contribution is -2.29. The van der Waals surface area contributed by atoms with E-state index in [1.165, 1.54) is 0 Å². The molecule has 3 aromatic rings. The molecule has 1 unspecified atom stereocenters. The summed E-state index contributed by atoms with van der Waals surface area (Å²) in [6.07, 6.45) is 0.390. The van der Waals surface area contributed by atoms with Crippen molar-refractivity contribution >= 4 is 16.9 Å². The van der Waals surface area contributed by atoms with Crippen LogP contribution in [0, 0.1) is 6.92 Å². The molecule has 0 aliphatic carbocycles. The number of aryl methyl sites for hydroxylation is 2. The monoisotopic (exact) mass is 307 g/mol. The van der Waals surface area contributed by atoms with Crippen molar-refractivity contribution in [2.24, 2.45) is 7.05 Å². The number of nitrogens with one attached hydrogen (secondary N) is 1. The number of aromatic nitrogens is 2. The van der Waals surface area contributed by atoms with E-state index in [4.69, 9.17) is 0 Å². The number of fused-ring (bicyclic) bond motifs is 1. The first kappa shape index (κ1) is 15.3. The maximum atomic E-state index is 12.3. The Morgan fingerprint density at radius 2 is 1.87 bits per heavy atom. The lowest BCUT2D eigenvalue weighted by Gasteiger charge is -2.14. The Kier molecular flexibility index (Phi) is 4.15. The van der Waals surface area contributed by atoms with Gasteiger partial charge >= 0.3 is 0 Å². The van der Waals surface area contributed by atoms with Crippen molar-refractivity contribution in [3.63, 3.8) is 0 Å². The molecule has 1 N–H and O–H groups in total. The van der Waals surface area contributed by atoms with E-state index >= 15 is 0 Å². The van der Waals surface area contributed by atoms with E-state index in [1.807, 2.05) is 74.0 Å². The quantitative estimate of drug-likeness (QED) is 0.804. The highest BCUT2D eigenvalue weighted by Gasteiger charge is 2.16. The van der Waals surface area contributed by atoms with Gasteiger partial charge in [-0.3, -0.25) is 4.79 Å². The van der Waals surface area contributed by atoms with E-state index < -0.39 is 0 Å². The number of carbonyl (C=O) groups excluding carboxylic acids is 1. The number of hydrogen-bond donors (Lipinski definition) is 1. The number of benzene rings is 2.